The number of nitrogens with zero attached hydrogens (tertiary/aromatic N) is 2. The summed E-state index contributed by atoms with van der Waals surface area (Å²) in [5.41, 5.74) is 1.87. The van der Waals surface area contributed by atoms with Crippen molar-refractivity contribution in [3.8, 4) is 11.5 Å². The van der Waals surface area contributed by atoms with E-state index < -0.39 is 17.7 Å². The van der Waals surface area contributed by atoms with E-state index in [1.165, 1.54) is 12.0 Å². The summed E-state index contributed by atoms with van der Waals surface area (Å²) in [5.74, 6) is -0.503. The molecule has 1 fully saturated rings. The van der Waals surface area contributed by atoms with Crippen LogP contribution >= 0.6 is 0 Å². The molecule has 0 saturated carbocycles. The lowest BCUT2D eigenvalue weighted by molar-refractivity contribution is -0.140. The monoisotopic (exact) mass is 430 g/mol. The molecule has 1 atom stereocenters. The first-order valence-corrected chi connectivity index (χ1v) is 9.99. The van der Waals surface area contributed by atoms with Crippen LogP contribution in [0.2, 0.25) is 0 Å². The maximum absolute atomic E-state index is 13.1. The molecule has 3 aromatic rings. The number of benzene rings is 2. The van der Waals surface area contributed by atoms with E-state index in [4.69, 9.17) is 9.47 Å². The Morgan fingerprint density at radius 3 is 2.41 bits per heavy atom. The van der Waals surface area contributed by atoms with Gasteiger partial charge in [-0.05, 0) is 41.5 Å². The first-order valence-electron chi connectivity index (χ1n) is 9.99. The van der Waals surface area contributed by atoms with Gasteiger partial charge in [0.2, 0.25) is 0 Å². The summed E-state index contributed by atoms with van der Waals surface area (Å²) in [6.45, 7) is 0.171. The van der Waals surface area contributed by atoms with Gasteiger partial charge in [0, 0.05) is 24.5 Å². The van der Waals surface area contributed by atoms with Gasteiger partial charge in [0.1, 0.15) is 17.3 Å². The third-order valence-corrected chi connectivity index (χ3v) is 5.39. The van der Waals surface area contributed by atoms with Crippen LogP contribution in [0.4, 0.5) is 0 Å². The van der Waals surface area contributed by atoms with Gasteiger partial charge in [-0.25, -0.2) is 0 Å². The molecular weight excluding hydrogens is 408 g/mol. The van der Waals surface area contributed by atoms with Crippen molar-refractivity contribution in [1.82, 2.24) is 9.88 Å². The van der Waals surface area contributed by atoms with E-state index in [9.17, 15) is 14.7 Å². The van der Waals surface area contributed by atoms with E-state index in [0.717, 1.165) is 5.56 Å². The Morgan fingerprint density at radius 2 is 1.75 bits per heavy atom. The van der Waals surface area contributed by atoms with Gasteiger partial charge in [-0.3, -0.25) is 14.6 Å². The zero-order valence-corrected chi connectivity index (χ0v) is 17.7. The lowest BCUT2D eigenvalue weighted by Gasteiger charge is -2.25. The van der Waals surface area contributed by atoms with Gasteiger partial charge in [-0.15, -0.1) is 0 Å². The molecule has 4 rings (SSSR count). The molecule has 0 spiro atoms. The molecule has 0 radical (unpaired) electrons. The van der Waals surface area contributed by atoms with Crippen LogP contribution in [-0.4, -0.2) is 40.9 Å². The van der Waals surface area contributed by atoms with E-state index in [1.807, 2.05) is 6.07 Å². The third kappa shape index (κ3) is 3.92. The SMILES string of the molecule is COc1ccc([C@H]2C(=C(O)c3cccc(OC)c3)C(=O)C(=O)N2Cc2cccnc2)cc1. The van der Waals surface area contributed by atoms with Crippen molar-refractivity contribution in [3.05, 3.63) is 95.3 Å². The fraction of sp³-hybridized carbons (Fsp3) is 0.160. The number of methoxy groups -OCH3 is 2. The number of hydrogen-bond acceptors (Lipinski definition) is 6. The van der Waals surface area contributed by atoms with Crippen LogP contribution in [0.25, 0.3) is 5.76 Å². The van der Waals surface area contributed by atoms with Gasteiger partial charge < -0.3 is 19.5 Å². The molecule has 0 aliphatic carbocycles. The number of ether oxygens (including phenoxy) is 2. The van der Waals surface area contributed by atoms with Gasteiger partial charge in [-0.2, -0.15) is 0 Å². The highest BCUT2D eigenvalue weighted by Gasteiger charge is 2.46. The minimum absolute atomic E-state index is 0.0253. The first-order chi connectivity index (χ1) is 15.5. The zero-order valence-electron chi connectivity index (χ0n) is 17.7. The van der Waals surface area contributed by atoms with Crippen LogP contribution < -0.4 is 9.47 Å². The normalized spacial score (nSPS) is 17.4. The molecule has 7 nitrogen and oxygen atoms in total. The molecule has 7 heteroatoms. The van der Waals surface area contributed by atoms with Crippen LogP contribution in [0, 0.1) is 0 Å². The molecule has 0 bridgehead atoms. The number of Topliss-reactive ketones (excluding diaryl/α,β-unsaturated/α-hetero) is 1. The van der Waals surface area contributed by atoms with Crippen molar-refractivity contribution in [2.75, 3.05) is 14.2 Å². The molecule has 0 unspecified atom stereocenters. The number of carbonyl (C=O) groups excluding carboxylic acids is 2. The number of carbonyl (C=O) groups is 2. The molecule has 1 aromatic heterocycles. The molecule has 1 aliphatic rings. The van der Waals surface area contributed by atoms with Crippen molar-refractivity contribution in [1.29, 1.82) is 0 Å². The molecule has 162 valence electrons. The number of aliphatic hydroxyl groups excluding tert-OH is 1. The summed E-state index contributed by atoms with van der Waals surface area (Å²) in [7, 11) is 3.08. The fourth-order valence-corrected chi connectivity index (χ4v) is 3.79. The number of ketones is 1. The summed E-state index contributed by atoms with van der Waals surface area (Å²) < 4.78 is 10.5. The largest absolute Gasteiger partial charge is 0.507 e. The highest BCUT2D eigenvalue weighted by atomic mass is 16.5. The van der Waals surface area contributed by atoms with E-state index in [0.29, 0.717) is 22.6 Å². The van der Waals surface area contributed by atoms with Gasteiger partial charge in [0.15, 0.2) is 0 Å². The molecule has 1 saturated heterocycles. The summed E-state index contributed by atoms with van der Waals surface area (Å²) in [6.07, 6.45) is 3.29. The Kier molecular flexibility index (Phi) is 5.89. The van der Waals surface area contributed by atoms with Crippen molar-refractivity contribution >= 4 is 17.4 Å². The lowest BCUT2D eigenvalue weighted by atomic mass is 9.95. The Bertz CT molecular complexity index is 1170. The van der Waals surface area contributed by atoms with Crippen LogP contribution in [0.1, 0.15) is 22.7 Å². The molecule has 2 heterocycles. The number of pyridine rings is 1. The summed E-state index contributed by atoms with van der Waals surface area (Å²) >= 11 is 0. The number of aliphatic hydroxyl groups is 1. The predicted octanol–water partition coefficient (Wildman–Crippen LogP) is 3.72. The third-order valence-electron chi connectivity index (χ3n) is 5.39. The summed E-state index contributed by atoms with van der Waals surface area (Å²) in [5, 5.41) is 11.1. The maximum atomic E-state index is 13.1. The second-order valence-electron chi connectivity index (χ2n) is 7.29. The Morgan fingerprint density at radius 1 is 1.00 bits per heavy atom. The molecule has 1 amide bonds. The van der Waals surface area contributed by atoms with Gasteiger partial charge in [0.25, 0.3) is 11.7 Å². The Labute approximate surface area is 185 Å². The second-order valence-corrected chi connectivity index (χ2v) is 7.29. The number of likely N-dealkylation sites (tertiary alicyclic amines) is 1. The first kappa shape index (κ1) is 21.1. The highest BCUT2D eigenvalue weighted by Crippen LogP contribution is 2.40. The van der Waals surface area contributed by atoms with Crippen LogP contribution in [0.15, 0.2) is 78.6 Å². The Hall–Kier alpha value is -4.13. The fourth-order valence-electron chi connectivity index (χ4n) is 3.79. The van der Waals surface area contributed by atoms with Crippen molar-refractivity contribution in [2.24, 2.45) is 0 Å². The molecule has 32 heavy (non-hydrogen) atoms. The maximum Gasteiger partial charge on any atom is 0.295 e. The van der Waals surface area contributed by atoms with E-state index in [-0.39, 0.29) is 17.9 Å². The van der Waals surface area contributed by atoms with Crippen LogP contribution in [0.3, 0.4) is 0 Å². The minimum Gasteiger partial charge on any atom is -0.507 e. The average Bonchev–Trinajstić information content (AvgIpc) is 3.09. The molecular formula is C25H22N2O5. The van der Waals surface area contributed by atoms with Crippen molar-refractivity contribution in [2.45, 2.75) is 12.6 Å². The van der Waals surface area contributed by atoms with Gasteiger partial charge in [-0.1, -0.05) is 30.3 Å². The quantitative estimate of drug-likeness (QED) is 0.364. The van der Waals surface area contributed by atoms with E-state index >= 15 is 0 Å². The molecule has 2 aromatic carbocycles. The summed E-state index contributed by atoms with van der Waals surface area (Å²) in [6, 6.07) is 16.6. The van der Waals surface area contributed by atoms with Gasteiger partial charge in [0.05, 0.1) is 25.8 Å². The molecule has 1 aliphatic heterocycles. The lowest BCUT2D eigenvalue weighted by Crippen LogP contribution is -2.29. The number of aromatic nitrogens is 1. The van der Waals surface area contributed by atoms with Gasteiger partial charge >= 0.3 is 0 Å². The number of amides is 1. The Balaban J connectivity index is 1.85. The standard InChI is InChI=1S/C25H22N2O5/c1-31-19-10-8-17(9-11-19)22-21(23(28)18-6-3-7-20(13-18)32-2)24(29)25(30)27(22)15-16-5-4-12-26-14-16/h3-14,22,28H,15H2,1-2H3/t22-/m0/s1. The number of hydrogen-bond donors (Lipinski definition) is 1. The smallest absolute Gasteiger partial charge is 0.295 e. The highest BCUT2D eigenvalue weighted by molar-refractivity contribution is 6.46. The molecule has 1 N–H and O–H groups in total. The zero-order chi connectivity index (χ0) is 22.7. The van der Waals surface area contributed by atoms with Crippen molar-refractivity contribution in [3.63, 3.8) is 0 Å². The average molecular weight is 430 g/mol. The number of rotatable bonds is 6. The minimum atomic E-state index is -0.771. The predicted molar refractivity (Wildman–Crippen MR) is 118 cm³/mol. The van der Waals surface area contributed by atoms with Crippen LogP contribution in [0.5, 0.6) is 11.5 Å². The second kappa shape index (κ2) is 8.93. The summed E-state index contributed by atoms with van der Waals surface area (Å²) in [4.78, 5) is 31.7. The van der Waals surface area contributed by atoms with E-state index in [1.54, 1.807) is 74.1 Å². The van der Waals surface area contributed by atoms with E-state index in [2.05, 4.69) is 4.98 Å². The van der Waals surface area contributed by atoms with Crippen molar-refractivity contribution < 1.29 is 24.2 Å². The van der Waals surface area contributed by atoms with Crippen LogP contribution in [-0.2, 0) is 16.1 Å². The topological polar surface area (TPSA) is 89.0 Å².